The molecule has 12 heavy (non-hydrogen) atoms. The van der Waals surface area contributed by atoms with Gasteiger partial charge in [0.05, 0.1) is 0 Å². The van der Waals surface area contributed by atoms with E-state index in [4.69, 9.17) is 8.85 Å². The van der Waals surface area contributed by atoms with Crippen molar-refractivity contribution in [3.8, 4) is 0 Å². The van der Waals surface area contributed by atoms with Gasteiger partial charge in [-0.1, -0.05) is 0 Å². The fourth-order valence-electron chi connectivity index (χ4n) is 0.890. The molecule has 0 heterocycles. The van der Waals surface area contributed by atoms with Crippen LogP contribution < -0.4 is 0 Å². The monoisotopic (exact) mass is 204 g/mol. The van der Waals surface area contributed by atoms with Gasteiger partial charge in [0.1, 0.15) is 0 Å². The smallest absolute Gasteiger partial charge is 0.205 e. The van der Waals surface area contributed by atoms with Crippen LogP contribution in [0.5, 0.6) is 0 Å². The molecule has 0 aromatic rings. The van der Waals surface area contributed by atoms with Crippen LogP contribution in [0, 0.1) is 0 Å². The van der Waals surface area contributed by atoms with Crippen molar-refractivity contribution < 1.29 is 8.85 Å². The summed E-state index contributed by atoms with van der Waals surface area (Å²) in [7, 11) is -1.04. The minimum absolute atomic E-state index is 0.371. The third-order valence-electron chi connectivity index (χ3n) is 1.35. The lowest BCUT2D eigenvalue weighted by atomic mass is 10.3. The summed E-state index contributed by atoms with van der Waals surface area (Å²) in [6.07, 6.45) is 1.40. The predicted molar refractivity (Wildman–Crippen MR) is 56.1 cm³/mol. The SMILES string of the molecule is CC(CCO[Si](C)C)O[Si](C)C. The highest BCUT2D eigenvalue weighted by atomic mass is 28.3. The van der Waals surface area contributed by atoms with E-state index in [2.05, 4.69) is 33.1 Å². The van der Waals surface area contributed by atoms with Crippen LogP contribution in [0.15, 0.2) is 0 Å². The van der Waals surface area contributed by atoms with Gasteiger partial charge in [-0.25, -0.2) is 0 Å². The Balaban J connectivity index is 3.25. The molecule has 0 fully saturated rings. The maximum Gasteiger partial charge on any atom is 0.205 e. The number of rotatable bonds is 6. The van der Waals surface area contributed by atoms with Crippen LogP contribution in [0.25, 0.3) is 0 Å². The Bertz CT molecular complexity index is 107. The normalized spacial score (nSPS) is 14.2. The summed E-state index contributed by atoms with van der Waals surface area (Å²) in [5, 5.41) is 0. The molecule has 2 nitrogen and oxygen atoms in total. The summed E-state index contributed by atoms with van der Waals surface area (Å²) >= 11 is 0. The fourth-order valence-corrected chi connectivity index (χ4v) is 2.34. The van der Waals surface area contributed by atoms with Crippen LogP contribution in [-0.4, -0.2) is 30.8 Å². The summed E-state index contributed by atoms with van der Waals surface area (Å²) in [5.74, 6) is 0. The van der Waals surface area contributed by atoms with Crippen molar-refractivity contribution in [3.05, 3.63) is 0 Å². The first-order valence-corrected chi connectivity index (χ1v) is 9.23. The molecule has 0 saturated heterocycles. The van der Waals surface area contributed by atoms with Crippen LogP contribution in [0.4, 0.5) is 0 Å². The molecule has 0 saturated carbocycles. The van der Waals surface area contributed by atoms with Gasteiger partial charge < -0.3 is 8.85 Å². The van der Waals surface area contributed by atoms with E-state index < -0.39 is 18.1 Å². The van der Waals surface area contributed by atoms with Crippen molar-refractivity contribution in [1.29, 1.82) is 0 Å². The summed E-state index contributed by atoms with van der Waals surface area (Å²) < 4.78 is 11.2. The van der Waals surface area contributed by atoms with Gasteiger partial charge in [-0.3, -0.25) is 0 Å². The second-order valence-corrected chi connectivity index (χ2v) is 7.54. The standard InChI is InChI=1S/C8H20O2Si2/c1-8(10-12(4)5)6-7-9-11(2)3/h8H,6-7H2,1-5H3. The second kappa shape index (κ2) is 6.83. The highest BCUT2D eigenvalue weighted by Crippen LogP contribution is 2.00. The minimum atomic E-state index is -0.531. The Kier molecular flexibility index (Phi) is 7.03. The van der Waals surface area contributed by atoms with E-state index >= 15 is 0 Å². The van der Waals surface area contributed by atoms with Crippen molar-refractivity contribution in [1.82, 2.24) is 0 Å². The van der Waals surface area contributed by atoms with E-state index in [0.29, 0.717) is 6.10 Å². The molecule has 0 amide bonds. The van der Waals surface area contributed by atoms with Crippen LogP contribution in [0.1, 0.15) is 13.3 Å². The van der Waals surface area contributed by atoms with E-state index in [-0.39, 0.29) is 0 Å². The predicted octanol–water partition coefficient (Wildman–Crippen LogP) is 2.30. The van der Waals surface area contributed by atoms with Crippen LogP contribution >= 0.6 is 0 Å². The van der Waals surface area contributed by atoms with Crippen LogP contribution in [0.2, 0.25) is 26.2 Å². The fraction of sp³-hybridized carbons (Fsp3) is 1.00. The molecule has 72 valence electrons. The van der Waals surface area contributed by atoms with Crippen LogP contribution in [0.3, 0.4) is 0 Å². The van der Waals surface area contributed by atoms with Gasteiger partial charge in [0.2, 0.25) is 18.1 Å². The Labute approximate surface area is 79.7 Å². The molecular weight excluding hydrogens is 184 g/mol. The summed E-state index contributed by atoms with van der Waals surface area (Å²) in [4.78, 5) is 0. The zero-order chi connectivity index (χ0) is 9.56. The first kappa shape index (κ1) is 12.4. The zero-order valence-electron chi connectivity index (χ0n) is 8.81. The van der Waals surface area contributed by atoms with Crippen molar-refractivity contribution in [3.63, 3.8) is 0 Å². The molecule has 4 heteroatoms. The Morgan fingerprint density at radius 2 is 1.67 bits per heavy atom. The molecule has 0 aliphatic carbocycles. The van der Waals surface area contributed by atoms with E-state index in [0.717, 1.165) is 13.0 Å². The highest BCUT2D eigenvalue weighted by molar-refractivity contribution is 6.48. The molecule has 0 rings (SSSR count). The molecule has 1 unspecified atom stereocenters. The molecule has 0 aliphatic heterocycles. The van der Waals surface area contributed by atoms with Crippen LogP contribution in [-0.2, 0) is 8.85 Å². The van der Waals surface area contributed by atoms with E-state index in [9.17, 15) is 0 Å². The molecule has 0 aromatic heterocycles. The molecule has 2 radical (unpaired) electrons. The van der Waals surface area contributed by atoms with Gasteiger partial charge in [0, 0.05) is 12.7 Å². The van der Waals surface area contributed by atoms with Crippen molar-refractivity contribution in [2.45, 2.75) is 45.6 Å². The average Bonchev–Trinajstić information content (AvgIpc) is 1.84. The average molecular weight is 204 g/mol. The Morgan fingerprint density at radius 1 is 1.08 bits per heavy atom. The van der Waals surface area contributed by atoms with Crippen molar-refractivity contribution in [2.75, 3.05) is 6.61 Å². The molecule has 0 N–H and O–H groups in total. The summed E-state index contributed by atoms with van der Waals surface area (Å²) in [6, 6.07) is 0. The van der Waals surface area contributed by atoms with Crippen molar-refractivity contribution in [2.24, 2.45) is 0 Å². The second-order valence-electron chi connectivity index (χ2n) is 3.38. The lowest BCUT2D eigenvalue weighted by Gasteiger charge is -2.15. The molecule has 0 spiro atoms. The highest BCUT2D eigenvalue weighted by Gasteiger charge is 2.06. The summed E-state index contributed by atoms with van der Waals surface area (Å²) in [6.45, 7) is 11.6. The van der Waals surface area contributed by atoms with Gasteiger partial charge in [-0.15, -0.1) is 0 Å². The largest absolute Gasteiger partial charge is 0.417 e. The first-order chi connectivity index (χ1) is 5.52. The zero-order valence-corrected chi connectivity index (χ0v) is 10.8. The molecular formula is C8H20O2Si2. The minimum Gasteiger partial charge on any atom is -0.417 e. The first-order valence-electron chi connectivity index (χ1n) is 4.42. The Hall–Kier alpha value is 0.354. The lowest BCUT2D eigenvalue weighted by Crippen LogP contribution is -2.20. The van der Waals surface area contributed by atoms with E-state index in [1.165, 1.54) is 0 Å². The molecule has 0 aromatic carbocycles. The third kappa shape index (κ3) is 8.45. The molecule has 0 bridgehead atoms. The topological polar surface area (TPSA) is 18.5 Å². The number of hydrogen-bond donors (Lipinski definition) is 0. The Morgan fingerprint density at radius 3 is 2.08 bits per heavy atom. The van der Waals surface area contributed by atoms with E-state index in [1.54, 1.807) is 0 Å². The summed E-state index contributed by atoms with van der Waals surface area (Å²) in [5.41, 5.74) is 0. The lowest BCUT2D eigenvalue weighted by molar-refractivity contribution is 0.179. The quantitative estimate of drug-likeness (QED) is 0.618. The maximum absolute atomic E-state index is 5.67. The molecule has 0 aliphatic rings. The van der Waals surface area contributed by atoms with Gasteiger partial charge in [0.15, 0.2) is 0 Å². The van der Waals surface area contributed by atoms with Crippen molar-refractivity contribution >= 4 is 18.1 Å². The molecule has 1 atom stereocenters. The van der Waals surface area contributed by atoms with Gasteiger partial charge in [0.25, 0.3) is 0 Å². The number of hydrogen-bond acceptors (Lipinski definition) is 2. The maximum atomic E-state index is 5.67. The van der Waals surface area contributed by atoms with Gasteiger partial charge >= 0.3 is 0 Å². The van der Waals surface area contributed by atoms with E-state index in [1.807, 2.05) is 0 Å². The third-order valence-corrected chi connectivity index (χ3v) is 3.01. The van der Waals surface area contributed by atoms with Gasteiger partial charge in [-0.2, -0.15) is 0 Å². The van der Waals surface area contributed by atoms with Gasteiger partial charge in [-0.05, 0) is 39.5 Å².